The Bertz CT molecular complexity index is 945. The van der Waals surface area contributed by atoms with Gasteiger partial charge in [0.1, 0.15) is 0 Å². The number of hydrogen-bond donors (Lipinski definition) is 0. The van der Waals surface area contributed by atoms with E-state index in [0.29, 0.717) is 43.3 Å². The fourth-order valence-electron chi connectivity index (χ4n) is 14.9. The van der Waals surface area contributed by atoms with Crippen LogP contribution >= 0.6 is 0 Å². The van der Waals surface area contributed by atoms with Gasteiger partial charge in [-0.25, -0.2) is 0 Å². The standard InChI is InChI=1S/2C17H34.C15H30/c1-12(2)16(13(3)4)10-17(11-16,14(5)6)15(7,8)9;1-12(2)16(13(3)4)10-11-17(16,14(5)6)15(7,8)9;1-10(2)14(11(3)4)9-15(14,12(5)6)13(7)8/h2*12-14H,10-11H2,1-9H3;10-13H,9H2,1-8H3. The molecule has 1 atom stereocenters. The Hall–Kier alpha value is 0. The van der Waals surface area contributed by atoms with Gasteiger partial charge in [0.15, 0.2) is 0 Å². The highest BCUT2D eigenvalue weighted by molar-refractivity contribution is 5.19. The third-order valence-electron chi connectivity index (χ3n) is 17.8. The fraction of sp³-hybridized carbons (Fsp3) is 1.00. The van der Waals surface area contributed by atoms with E-state index in [0.717, 1.165) is 59.2 Å². The van der Waals surface area contributed by atoms with Gasteiger partial charge < -0.3 is 0 Å². The lowest BCUT2D eigenvalue weighted by Gasteiger charge is -2.72. The van der Waals surface area contributed by atoms with Crippen LogP contribution in [0.5, 0.6) is 0 Å². The van der Waals surface area contributed by atoms with E-state index in [-0.39, 0.29) is 0 Å². The molecule has 294 valence electrons. The molecular weight excluding hydrogens is 589 g/mol. The van der Waals surface area contributed by atoms with Crippen LogP contribution in [0.2, 0.25) is 0 Å². The van der Waals surface area contributed by atoms with E-state index >= 15 is 0 Å². The van der Waals surface area contributed by atoms with Gasteiger partial charge in [0.2, 0.25) is 0 Å². The SMILES string of the molecule is CC(C)C1(C(C)C)CC(C(C)C)(C(C)(C)C)C1.CC(C)C1(C(C)C)CC1(C(C)C)C(C)C.CC(C)C1(C(C)C)CCC1(C(C)C)C(C)(C)C. The molecule has 0 aliphatic heterocycles. The molecule has 3 aliphatic carbocycles. The van der Waals surface area contributed by atoms with Gasteiger partial charge in [0.25, 0.3) is 0 Å². The van der Waals surface area contributed by atoms with Gasteiger partial charge in [-0.05, 0) is 135 Å². The van der Waals surface area contributed by atoms with Crippen LogP contribution in [0, 0.1) is 102 Å². The van der Waals surface area contributed by atoms with Crippen molar-refractivity contribution in [2.45, 2.75) is 212 Å². The molecule has 3 saturated carbocycles. The van der Waals surface area contributed by atoms with E-state index in [1.165, 1.54) is 32.1 Å². The van der Waals surface area contributed by atoms with Gasteiger partial charge in [0, 0.05) is 0 Å². The Morgan fingerprint density at radius 2 is 0.612 bits per heavy atom. The predicted octanol–water partition coefficient (Wildman–Crippen LogP) is 16.5. The number of hydrogen-bond acceptors (Lipinski definition) is 0. The van der Waals surface area contributed by atoms with Crippen LogP contribution in [0.3, 0.4) is 0 Å². The average molecular weight is 687 g/mol. The smallest absolute Gasteiger partial charge is 0.0164 e. The second-order valence-electron chi connectivity index (χ2n) is 23.6. The van der Waals surface area contributed by atoms with Crippen molar-refractivity contribution in [2.75, 3.05) is 0 Å². The summed E-state index contributed by atoms with van der Waals surface area (Å²) in [5, 5.41) is 0. The van der Waals surface area contributed by atoms with Crippen LogP contribution in [-0.2, 0) is 0 Å². The highest BCUT2D eigenvalue weighted by Crippen LogP contribution is 2.78. The van der Waals surface area contributed by atoms with Gasteiger partial charge in [-0.15, -0.1) is 0 Å². The van der Waals surface area contributed by atoms with Crippen LogP contribution in [0.4, 0.5) is 0 Å². The fourth-order valence-corrected chi connectivity index (χ4v) is 14.9. The van der Waals surface area contributed by atoms with Gasteiger partial charge in [0.05, 0.1) is 0 Å². The summed E-state index contributed by atoms with van der Waals surface area (Å²) in [6.45, 7) is 63.3. The van der Waals surface area contributed by atoms with E-state index in [2.05, 4.69) is 180 Å². The van der Waals surface area contributed by atoms with Gasteiger partial charge in [-0.1, -0.05) is 180 Å². The van der Waals surface area contributed by atoms with Gasteiger partial charge in [-0.3, -0.25) is 0 Å². The zero-order valence-electron chi connectivity index (χ0n) is 39.3. The van der Waals surface area contributed by atoms with Crippen molar-refractivity contribution in [1.82, 2.24) is 0 Å². The van der Waals surface area contributed by atoms with Gasteiger partial charge in [-0.2, -0.15) is 0 Å². The van der Waals surface area contributed by atoms with Crippen LogP contribution < -0.4 is 0 Å². The topological polar surface area (TPSA) is 0 Å². The molecule has 0 aromatic heterocycles. The maximum absolute atomic E-state index is 2.46. The van der Waals surface area contributed by atoms with Crippen molar-refractivity contribution in [2.24, 2.45) is 102 Å². The Morgan fingerprint density at radius 3 is 0.714 bits per heavy atom. The molecule has 3 rings (SSSR count). The lowest BCUT2D eigenvalue weighted by Crippen LogP contribution is -2.65. The lowest BCUT2D eigenvalue weighted by atomic mass is 9.33. The van der Waals surface area contributed by atoms with E-state index in [1.807, 2.05) is 0 Å². The first kappa shape index (κ1) is 47.0. The molecule has 0 spiro atoms. The largest absolute Gasteiger partial charge is 0.0622 e. The minimum atomic E-state index is 0.411. The Labute approximate surface area is 313 Å². The normalized spacial score (nSPS) is 25.2. The molecule has 3 aliphatic rings. The molecule has 0 aromatic rings. The molecule has 0 heteroatoms. The van der Waals surface area contributed by atoms with Crippen molar-refractivity contribution in [3.05, 3.63) is 0 Å². The van der Waals surface area contributed by atoms with Crippen LogP contribution in [-0.4, -0.2) is 0 Å². The highest BCUT2D eigenvalue weighted by atomic mass is 14.8. The van der Waals surface area contributed by atoms with E-state index < -0.39 is 0 Å². The number of rotatable bonds is 10. The first-order chi connectivity index (χ1) is 21.8. The molecule has 0 saturated heterocycles. The zero-order chi connectivity index (χ0) is 39.3. The molecule has 49 heavy (non-hydrogen) atoms. The molecule has 0 nitrogen and oxygen atoms in total. The summed E-state index contributed by atoms with van der Waals surface area (Å²) in [4.78, 5) is 0. The summed E-state index contributed by atoms with van der Waals surface area (Å²) in [6, 6.07) is 0. The molecule has 3 fully saturated rings. The molecule has 0 aromatic carbocycles. The third-order valence-corrected chi connectivity index (χ3v) is 17.8. The van der Waals surface area contributed by atoms with Crippen molar-refractivity contribution < 1.29 is 0 Å². The van der Waals surface area contributed by atoms with Crippen LogP contribution in [0.1, 0.15) is 212 Å². The van der Waals surface area contributed by atoms with E-state index in [9.17, 15) is 0 Å². The molecule has 0 bridgehead atoms. The maximum atomic E-state index is 2.46. The summed E-state index contributed by atoms with van der Waals surface area (Å²) in [5.74, 6) is 8.08. The molecule has 0 amide bonds. The zero-order valence-corrected chi connectivity index (χ0v) is 39.3. The molecule has 1 unspecified atom stereocenters. The Kier molecular flexibility index (Phi) is 14.8. The van der Waals surface area contributed by atoms with E-state index in [1.54, 1.807) is 0 Å². The quantitative estimate of drug-likeness (QED) is 0.215. The van der Waals surface area contributed by atoms with E-state index in [4.69, 9.17) is 0 Å². The first-order valence-electron chi connectivity index (χ1n) is 21.8. The van der Waals surface area contributed by atoms with Crippen molar-refractivity contribution in [3.63, 3.8) is 0 Å². The predicted molar refractivity (Wildman–Crippen MR) is 225 cm³/mol. The Balaban J connectivity index is 0.000000368. The second-order valence-corrected chi connectivity index (χ2v) is 23.6. The monoisotopic (exact) mass is 687 g/mol. The van der Waals surface area contributed by atoms with Crippen molar-refractivity contribution in [3.8, 4) is 0 Å². The summed E-state index contributed by atoms with van der Waals surface area (Å²) in [7, 11) is 0. The van der Waals surface area contributed by atoms with Crippen LogP contribution in [0.25, 0.3) is 0 Å². The minimum absolute atomic E-state index is 0.411. The first-order valence-corrected chi connectivity index (χ1v) is 21.8. The lowest BCUT2D eigenvalue weighted by molar-refractivity contribution is -0.234. The maximum Gasteiger partial charge on any atom is -0.0164 e. The molecular formula is C49H98. The second kappa shape index (κ2) is 15.4. The summed E-state index contributed by atoms with van der Waals surface area (Å²) in [5.41, 5.74) is 4.27. The van der Waals surface area contributed by atoms with Crippen molar-refractivity contribution >= 4 is 0 Å². The summed E-state index contributed by atoms with van der Waals surface area (Å²) < 4.78 is 0. The summed E-state index contributed by atoms with van der Waals surface area (Å²) in [6.07, 6.45) is 7.15. The third kappa shape index (κ3) is 7.17. The molecule has 0 radical (unpaired) electrons. The van der Waals surface area contributed by atoms with Gasteiger partial charge >= 0.3 is 0 Å². The highest BCUT2D eigenvalue weighted by Gasteiger charge is 2.71. The van der Waals surface area contributed by atoms with Crippen molar-refractivity contribution in [1.29, 1.82) is 0 Å². The summed E-state index contributed by atoms with van der Waals surface area (Å²) >= 11 is 0. The molecule has 0 N–H and O–H groups in total. The minimum Gasteiger partial charge on any atom is -0.0622 e. The Morgan fingerprint density at radius 1 is 0.306 bits per heavy atom. The van der Waals surface area contributed by atoms with Crippen LogP contribution in [0.15, 0.2) is 0 Å². The molecule has 0 heterocycles. The average Bonchev–Trinajstić information content (AvgIpc) is 3.55.